The van der Waals surface area contributed by atoms with Gasteiger partial charge in [-0.2, -0.15) is 11.8 Å². The van der Waals surface area contributed by atoms with Crippen molar-refractivity contribution in [1.29, 1.82) is 0 Å². The number of ether oxygens (including phenoxy) is 1. The molecule has 4 heteroatoms. The minimum Gasteiger partial charge on any atom is -0.465 e. The Morgan fingerprint density at radius 2 is 2.00 bits per heavy atom. The third-order valence-corrected chi connectivity index (χ3v) is 3.26. The van der Waals surface area contributed by atoms with Crippen LogP contribution in [0, 0.1) is 0 Å². The molecule has 0 spiro atoms. The van der Waals surface area contributed by atoms with Crippen LogP contribution in [0.5, 0.6) is 0 Å². The maximum atomic E-state index is 11.7. The highest BCUT2D eigenvalue weighted by atomic mass is 32.2. The lowest BCUT2D eigenvalue weighted by molar-refractivity contribution is -0.144. The van der Waals surface area contributed by atoms with Crippen molar-refractivity contribution in [2.24, 2.45) is 0 Å². The van der Waals surface area contributed by atoms with Crippen LogP contribution in [0.3, 0.4) is 0 Å². The van der Waals surface area contributed by atoms with Gasteiger partial charge in [-0.25, -0.2) is 0 Å². The number of hydrogen-bond donors (Lipinski definition) is 1. The summed E-state index contributed by atoms with van der Waals surface area (Å²) in [5, 5.41) is 3.23. The quantitative estimate of drug-likeness (QED) is 0.701. The molecule has 0 saturated carbocycles. The van der Waals surface area contributed by atoms with E-state index in [0.717, 1.165) is 18.7 Å². The van der Waals surface area contributed by atoms with E-state index in [9.17, 15) is 4.79 Å². The molecule has 0 radical (unpaired) electrons. The molecule has 0 bridgehead atoms. The summed E-state index contributed by atoms with van der Waals surface area (Å²) in [5.74, 6) is 0.634. The summed E-state index contributed by atoms with van der Waals surface area (Å²) in [7, 11) is 0. The first-order valence-electron chi connectivity index (χ1n) is 5.94. The molecule has 3 nitrogen and oxygen atoms in total. The molecular weight excluding hydrogens is 222 g/mol. The molecular formula is C12H25NO2S. The van der Waals surface area contributed by atoms with Crippen LogP contribution in [0.2, 0.25) is 0 Å². The lowest BCUT2D eigenvalue weighted by Gasteiger charge is -2.22. The summed E-state index contributed by atoms with van der Waals surface area (Å²) in [6, 6.07) is -0.177. The first-order chi connectivity index (χ1) is 7.40. The molecule has 0 aromatic carbocycles. The number of nitrogens with one attached hydrogen (secondary N) is 1. The van der Waals surface area contributed by atoms with Crippen LogP contribution in [0.4, 0.5) is 0 Å². The Morgan fingerprint density at radius 3 is 2.44 bits per heavy atom. The van der Waals surface area contributed by atoms with E-state index in [0.29, 0.717) is 6.61 Å². The van der Waals surface area contributed by atoms with Gasteiger partial charge in [-0.1, -0.05) is 27.7 Å². The van der Waals surface area contributed by atoms with Crippen molar-refractivity contribution in [3.8, 4) is 0 Å². The average molecular weight is 247 g/mol. The third kappa shape index (κ3) is 7.99. The minimum absolute atomic E-state index is 0.132. The fraction of sp³-hybridized carbons (Fsp3) is 0.917. The molecule has 0 aliphatic heterocycles. The van der Waals surface area contributed by atoms with Gasteiger partial charge >= 0.3 is 5.97 Å². The van der Waals surface area contributed by atoms with Crippen LogP contribution < -0.4 is 5.32 Å². The third-order valence-electron chi connectivity index (χ3n) is 1.89. The first-order valence-corrected chi connectivity index (χ1v) is 6.93. The van der Waals surface area contributed by atoms with Crippen molar-refractivity contribution in [3.05, 3.63) is 0 Å². The second-order valence-corrected chi connectivity index (χ2v) is 6.53. The fourth-order valence-electron chi connectivity index (χ4n) is 1.11. The van der Waals surface area contributed by atoms with Crippen molar-refractivity contribution in [2.75, 3.05) is 18.9 Å². The maximum absolute atomic E-state index is 11.7. The molecule has 0 rings (SSSR count). The highest BCUT2D eigenvalue weighted by molar-refractivity contribution is 8.00. The second-order valence-electron chi connectivity index (χ2n) is 4.68. The molecule has 16 heavy (non-hydrogen) atoms. The molecule has 0 aliphatic carbocycles. The predicted octanol–water partition coefficient (Wildman–Crippen LogP) is 2.45. The molecule has 0 saturated heterocycles. The number of rotatable bonds is 7. The van der Waals surface area contributed by atoms with Crippen molar-refractivity contribution >= 4 is 17.7 Å². The number of hydrogen-bond acceptors (Lipinski definition) is 4. The van der Waals surface area contributed by atoms with Gasteiger partial charge in [-0.15, -0.1) is 0 Å². The Morgan fingerprint density at radius 1 is 1.38 bits per heavy atom. The summed E-state index contributed by atoms with van der Waals surface area (Å²) >= 11 is 1.78. The zero-order chi connectivity index (χ0) is 12.6. The molecule has 0 amide bonds. The molecule has 1 N–H and O–H groups in total. The van der Waals surface area contributed by atoms with Crippen LogP contribution in [0.25, 0.3) is 0 Å². The first kappa shape index (κ1) is 15.8. The molecule has 1 atom stereocenters. The largest absolute Gasteiger partial charge is 0.465 e. The topological polar surface area (TPSA) is 38.3 Å². The second kappa shape index (κ2) is 7.96. The van der Waals surface area contributed by atoms with Crippen molar-refractivity contribution in [3.63, 3.8) is 0 Å². The lowest BCUT2D eigenvalue weighted by Crippen LogP contribution is -2.41. The molecule has 0 heterocycles. The molecule has 0 fully saturated rings. The van der Waals surface area contributed by atoms with E-state index in [1.54, 1.807) is 11.8 Å². The van der Waals surface area contributed by atoms with E-state index in [1.807, 2.05) is 6.92 Å². The van der Waals surface area contributed by atoms with Gasteiger partial charge in [0.15, 0.2) is 0 Å². The summed E-state index contributed by atoms with van der Waals surface area (Å²) in [5.41, 5.74) is 0. The van der Waals surface area contributed by atoms with Crippen LogP contribution in [-0.4, -0.2) is 35.7 Å². The van der Waals surface area contributed by atoms with Crippen LogP contribution in [0.1, 0.15) is 41.0 Å². The highest BCUT2D eigenvalue weighted by Gasteiger charge is 2.22. The van der Waals surface area contributed by atoms with Crippen LogP contribution >= 0.6 is 11.8 Å². The summed E-state index contributed by atoms with van der Waals surface area (Å²) in [6.45, 7) is 11.7. The van der Waals surface area contributed by atoms with Crippen LogP contribution in [-0.2, 0) is 9.53 Å². The Balaban J connectivity index is 4.14. The molecule has 1 unspecified atom stereocenters. The SMILES string of the molecule is CCCNC(CSC(C)(C)C)C(=O)OCC. The summed E-state index contributed by atoms with van der Waals surface area (Å²) < 4.78 is 5.23. The normalized spacial score (nSPS) is 13.6. The number of carbonyl (C=O) groups is 1. The zero-order valence-corrected chi connectivity index (χ0v) is 11.9. The molecule has 0 aromatic rings. The van der Waals surface area contributed by atoms with Gasteiger partial charge in [0, 0.05) is 10.5 Å². The predicted molar refractivity (Wildman–Crippen MR) is 70.9 cm³/mol. The minimum atomic E-state index is -0.177. The van der Waals surface area contributed by atoms with Crippen molar-refractivity contribution in [2.45, 2.75) is 51.8 Å². The molecule has 0 aliphatic rings. The van der Waals surface area contributed by atoms with E-state index >= 15 is 0 Å². The Kier molecular flexibility index (Phi) is 7.85. The van der Waals surface area contributed by atoms with E-state index < -0.39 is 0 Å². The lowest BCUT2D eigenvalue weighted by atomic mass is 10.3. The van der Waals surface area contributed by atoms with Crippen molar-refractivity contribution < 1.29 is 9.53 Å². The Bertz CT molecular complexity index is 202. The smallest absolute Gasteiger partial charge is 0.323 e. The van der Waals surface area contributed by atoms with E-state index in [2.05, 4.69) is 33.0 Å². The number of thioether (sulfide) groups is 1. The zero-order valence-electron chi connectivity index (χ0n) is 11.1. The standard InChI is InChI=1S/C12H25NO2S/c1-6-8-13-10(11(14)15-7-2)9-16-12(3,4)5/h10,13H,6-9H2,1-5H3. The van der Waals surface area contributed by atoms with Gasteiger partial charge in [-0.3, -0.25) is 4.79 Å². The van der Waals surface area contributed by atoms with Crippen LogP contribution in [0.15, 0.2) is 0 Å². The van der Waals surface area contributed by atoms with Gasteiger partial charge in [0.1, 0.15) is 6.04 Å². The van der Waals surface area contributed by atoms with Gasteiger partial charge in [0.05, 0.1) is 6.61 Å². The fourth-order valence-corrected chi connectivity index (χ4v) is 2.03. The average Bonchev–Trinajstić information content (AvgIpc) is 2.16. The number of esters is 1. The Hall–Kier alpha value is -0.220. The number of carbonyl (C=O) groups excluding carboxylic acids is 1. The van der Waals surface area contributed by atoms with E-state index in [1.165, 1.54) is 0 Å². The maximum Gasteiger partial charge on any atom is 0.323 e. The van der Waals surface area contributed by atoms with Gasteiger partial charge in [0.2, 0.25) is 0 Å². The van der Waals surface area contributed by atoms with Gasteiger partial charge in [0.25, 0.3) is 0 Å². The van der Waals surface area contributed by atoms with E-state index in [4.69, 9.17) is 4.74 Å². The van der Waals surface area contributed by atoms with Gasteiger partial charge in [-0.05, 0) is 19.9 Å². The monoisotopic (exact) mass is 247 g/mol. The summed E-state index contributed by atoms with van der Waals surface area (Å²) in [4.78, 5) is 11.7. The van der Waals surface area contributed by atoms with Crippen molar-refractivity contribution in [1.82, 2.24) is 5.32 Å². The summed E-state index contributed by atoms with van der Waals surface area (Å²) in [6.07, 6.45) is 1.02. The molecule has 96 valence electrons. The highest BCUT2D eigenvalue weighted by Crippen LogP contribution is 2.23. The van der Waals surface area contributed by atoms with E-state index in [-0.39, 0.29) is 16.8 Å². The molecule has 0 aromatic heterocycles. The Labute approximate surface area is 104 Å². The van der Waals surface area contributed by atoms with Gasteiger partial charge < -0.3 is 10.1 Å².